The third-order valence-corrected chi connectivity index (χ3v) is 7.11. The van der Waals surface area contributed by atoms with Crippen molar-refractivity contribution >= 4 is 11.4 Å². The molecule has 0 amide bonds. The minimum absolute atomic E-state index is 0.00907. The molecule has 2 aromatic carbocycles. The number of para-hydroxylation sites is 1. The SMILES string of the molecule is COc1cccc(C(C)Nc2ccc3c(c2)Cc2cccc(C4CN(c5ccc[nH]c5=O)CCO4)c2O3)n1. The van der Waals surface area contributed by atoms with Crippen molar-refractivity contribution < 1.29 is 14.2 Å². The van der Waals surface area contributed by atoms with Crippen molar-refractivity contribution in [1.82, 2.24) is 9.97 Å². The number of ether oxygens (including phenoxy) is 3. The Kier molecular flexibility index (Phi) is 6.47. The van der Waals surface area contributed by atoms with E-state index in [0.717, 1.165) is 46.0 Å². The molecule has 1 fully saturated rings. The van der Waals surface area contributed by atoms with Crippen LogP contribution in [0.15, 0.2) is 77.7 Å². The molecule has 0 saturated carbocycles. The van der Waals surface area contributed by atoms with Gasteiger partial charge in [-0.1, -0.05) is 24.3 Å². The number of morpholine rings is 1. The quantitative estimate of drug-likeness (QED) is 0.324. The van der Waals surface area contributed by atoms with Crippen LogP contribution in [-0.2, 0) is 11.2 Å². The van der Waals surface area contributed by atoms with Crippen LogP contribution in [0.1, 0.15) is 41.5 Å². The zero-order valence-electron chi connectivity index (χ0n) is 21.4. The van der Waals surface area contributed by atoms with Crippen LogP contribution in [0.3, 0.4) is 0 Å². The molecule has 0 aliphatic carbocycles. The van der Waals surface area contributed by atoms with Gasteiger partial charge in [0.25, 0.3) is 5.56 Å². The Balaban J connectivity index is 1.21. The Bertz CT molecular complexity index is 1520. The third-order valence-electron chi connectivity index (χ3n) is 7.11. The molecule has 2 atom stereocenters. The zero-order valence-corrected chi connectivity index (χ0v) is 21.4. The second kappa shape index (κ2) is 10.2. The van der Waals surface area contributed by atoms with Crippen molar-refractivity contribution in [1.29, 1.82) is 0 Å². The molecule has 2 aliphatic heterocycles. The molecule has 0 radical (unpaired) electrons. The molecule has 6 rings (SSSR count). The first-order valence-electron chi connectivity index (χ1n) is 12.8. The lowest BCUT2D eigenvalue weighted by Crippen LogP contribution is -2.41. The van der Waals surface area contributed by atoms with Crippen LogP contribution in [0.25, 0.3) is 0 Å². The second-order valence-electron chi connectivity index (χ2n) is 9.60. The zero-order chi connectivity index (χ0) is 26.1. The van der Waals surface area contributed by atoms with Gasteiger partial charge in [-0.25, -0.2) is 4.98 Å². The van der Waals surface area contributed by atoms with Gasteiger partial charge < -0.3 is 29.4 Å². The van der Waals surface area contributed by atoms with Crippen LogP contribution in [0, 0.1) is 0 Å². The number of nitrogens with zero attached hydrogens (tertiary/aromatic N) is 2. The lowest BCUT2D eigenvalue weighted by atomic mass is 9.95. The largest absolute Gasteiger partial charge is 0.481 e. The van der Waals surface area contributed by atoms with E-state index < -0.39 is 0 Å². The number of hydrogen-bond acceptors (Lipinski definition) is 7. The Morgan fingerprint density at radius 2 is 2.00 bits per heavy atom. The van der Waals surface area contributed by atoms with Gasteiger partial charge in [0.15, 0.2) is 0 Å². The van der Waals surface area contributed by atoms with Gasteiger partial charge in [-0.2, -0.15) is 0 Å². The number of rotatable bonds is 6. The summed E-state index contributed by atoms with van der Waals surface area (Å²) in [5, 5.41) is 3.54. The van der Waals surface area contributed by atoms with E-state index in [0.29, 0.717) is 31.3 Å². The fourth-order valence-electron chi connectivity index (χ4n) is 5.17. The van der Waals surface area contributed by atoms with Crippen LogP contribution in [0.5, 0.6) is 17.4 Å². The lowest BCUT2D eigenvalue weighted by Gasteiger charge is -2.35. The first kappa shape index (κ1) is 24.1. The molecule has 0 bridgehead atoms. The summed E-state index contributed by atoms with van der Waals surface area (Å²) in [4.78, 5) is 21.8. The van der Waals surface area contributed by atoms with Gasteiger partial charge in [0.1, 0.15) is 23.3 Å². The fourth-order valence-corrected chi connectivity index (χ4v) is 5.17. The predicted molar refractivity (Wildman–Crippen MR) is 147 cm³/mol. The van der Waals surface area contributed by atoms with E-state index in [1.54, 1.807) is 13.3 Å². The average Bonchev–Trinajstić information content (AvgIpc) is 2.96. The number of benzene rings is 2. The smallest absolute Gasteiger partial charge is 0.271 e. The molecule has 2 aliphatic rings. The molecule has 2 aromatic heterocycles. The topological polar surface area (TPSA) is 88.7 Å². The summed E-state index contributed by atoms with van der Waals surface area (Å²) in [6.07, 6.45) is 2.21. The highest BCUT2D eigenvalue weighted by atomic mass is 16.5. The Morgan fingerprint density at radius 3 is 2.87 bits per heavy atom. The van der Waals surface area contributed by atoms with Gasteiger partial charge in [0, 0.05) is 48.6 Å². The molecule has 4 aromatic rings. The summed E-state index contributed by atoms with van der Waals surface area (Å²) < 4.78 is 17.9. The van der Waals surface area contributed by atoms with Gasteiger partial charge in [0.05, 0.1) is 25.5 Å². The van der Waals surface area contributed by atoms with E-state index >= 15 is 0 Å². The van der Waals surface area contributed by atoms with Crippen molar-refractivity contribution in [3.8, 4) is 17.4 Å². The summed E-state index contributed by atoms with van der Waals surface area (Å²) in [7, 11) is 1.62. The monoisotopic (exact) mass is 510 g/mol. The highest BCUT2D eigenvalue weighted by molar-refractivity contribution is 5.59. The van der Waals surface area contributed by atoms with Gasteiger partial charge in [-0.3, -0.25) is 4.79 Å². The third kappa shape index (κ3) is 4.70. The van der Waals surface area contributed by atoms with Crippen molar-refractivity contribution in [2.24, 2.45) is 0 Å². The average molecular weight is 511 g/mol. The second-order valence-corrected chi connectivity index (χ2v) is 9.60. The standard InChI is InChI=1S/C30H30N4O4/c1-19(24-8-4-10-28(33-24)36-2)32-22-11-12-26-21(17-22)16-20-6-3-7-23(29(20)38-26)27-18-34(14-15-37-27)25-9-5-13-31-30(25)35/h3-13,17,19,27,32H,14-16,18H2,1-2H3,(H,31,35). The highest BCUT2D eigenvalue weighted by Crippen LogP contribution is 2.43. The van der Waals surface area contributed by atoms with E-state index in [4.69, 9.17) is 14.2 Å². The minimum Gasteiger partial charge on any atom is -0.481 e. The van der Waals surface area contributed by atoms with Crippen molar-refractivity contribution in [2.45, 2.75) is 25.5 Å². The van der Waals surface area contributed by atoms with Crippen molar-refractivity contribution in [3.63, 3.8) is 0 Å². The molecule has 8 nitrogen and oxygen atoms in total. The van der Waals surface area contributed by atoms with E-state index in [9.17, 15) is 4.79 Å². The van der Waals surface area contributed by atoms with Crippen LogP contribution in [0.2, 0.25) is 0 Å². The van der Waals surface area contributed by atoms with E-state index in [1.165, 1.54) is 0 Å². The van der Waals surface area contributed by atoms with E-state index in [1.807, 2.05) is 42.5 Å². The van der Waals surface area contributed by atoms with Crippen molar-refractivity contribution in [3.05, 3.63) is 106 Å². The highest BCUT2D eigenvalue weighted by Gasteiger charge is 2.29. The number of nitrogens with one attached hydrogen (secondary N) is 2. The minimum atomic E-state index is -0.197. The maximum Gasteiger partial charge on any atom is 0.271 e. The molecule has 8 heteroatoms. The first-order chi connectivity index (χ1) is 18.6. The predicted octanol–water partition coefficient (Wildman–Crippen LogP) is 5.23. The number of fused-ring (bicyclic) bond motifs is 2. The summed E-state index contributed by atoms with van der Waals surface area (Å²) in [5.74, 6) is 2.29. The number of methoxy groups -OCH3 is 1. The molecule has 2 N–H and O–H groups in total. The number of anilines is 2. The number of aromatic nitrogens is 2. The molecule has 2 unspecified atom stereocenters. The molecule has 0 spiro atoms. The maximum atomic E-state index is 12.4. The Labute approximate surface area is 221 Å². The molecule has 1 saturated heterocycles. The van der Waals surface area contributed by atoms with Crippen LogP contribution < -0.4 is 25.2 Å². The van der Waals surface area contributed by atoms with Gasteiger partial charge in [-0.05, 0) is 48.9 Å². The first-order valence-corrected chi connectivity index (χ1v) is 12.8. The maximum absolute atomic E-state index is 12.4. The Morgan fingerprint density at radius 1 is 1.11 bits per heavy atom. The van der Waals surface area contributed by atoms with Crippen LogP contribution in [-0.4, -0.2) is 36.8 Å². The molecule has 4 heterocycles. The van der Waals surface area contributed by atoms with E-state index in [2.05, 4.69) is 51.4 Å². The fraction of sp³-hybridized carbons (Fsp3) is 0.267. The molecular formula is C30H30N4O4. The number of pyridine rings is 2. The summed E-state index contributed by atoms with van der Waals surface area (Å²) in [5.41, 5.74) is 5.73. The van der Waals surface area contributed by atoms with Gasteiger partial charge in [0.2, 0.25) is 5.88 Å². The number of H-pyrrole nitrogens is 1. The van der Waals surface area contributed by atoms with Crippen molar-refractivity contribution in [2.75, 3.05) is 37.0 Å². The molecule has 194 valence electrons. The van der Waals surface area contributed by atoms with Gasteiger partial charge >= 0.3 is 0 Å². The number of aromatic amines is 1. The normalized spacial score (nSPS) is 17.1. The summed E-state index contributed by atoms with van der Waals surface area (Å²) in [6, 6.07) is 21.9. The molecular weight excluding hydrogens is 480 g/mol. The molecule has 38 heavy (non-hydrogen) atoms. The lowest BCUT2D eigenvalue weighted by molar-refractivity contribution is 0.0383. The van der Waals surface area contributed by atoms with Crippen LogP contribution >= 0.6 is 0 Å². The van der Waals surface area contributed by atoms with Gasteiger partial charge in [-0.15, -0.1) is 0 Å². The van der Waals surface area contributed by atoms with E-state index in [-0.39, 0.29) is 17.7 Å². The number of hydrogen-bond donors (Lipinski definition) is 2. The Hall–Kier alpha value is -4.30. The summed E-state index contributed by atoms with van der Waals surface area (Å²) >= 11 is 0. The summed E-state index contributed by atoms with van der Waals surface area (Å²) in [6.45, 7) is 3.87. The van der Waals surface area contributed by atoms with Crippen LogP contribution in [0.4, 0.5) is 11.4 Å².